The number of thioether (sulfide) groups is 1. The first-order valence-electron chi connectivity index (χ1n) is 4.59. The van der Waals surface area contributed by atoms with Gasteiger partial charge in [-0.05, 0) is 24.8 Å². The van der Waals surface area contributed by atoms with Gasteiger partial charge in [0.15, 0.2) is 4.32 Å². The van der Waals surface area contributed by atoms with Crippen molar-refractivity contribution in [2.75, 3.05) is 6.26 Å². The van der Waals surface area contributed by atoms with Gasteiger partial charge < -0.3 is 0 Å². The standard InChI is InChI=1S/C10H13N3S2/c1-3-8(12-13-10(14)15-2)9-6-4-5-7-11-9/h4-7H,3H2,1-2H3,(H,13,14). The largest absolute Gasteiger partial charge is 0.262 e. The SMILES string of the molecule is CCC(=NNC(=S)SC)c1ccccn1. The fourth-order valence-electron chi connectivity index (χ4n) is 1.01. The Morgan fingerprint density at radius 2 is 2.40 bits per heavy atom. The topological polar surface area (TPSA) is 37.3 Å². The van der Waals surface area contributed by atoms with Crippen LogP contribution in [0.15, 0.2) is 29.5 Å². The average Bonchev–Trinajstić information content (AvgIpc) is 2.31. The van der Waals surface area contributed by atoms with E-state index < -0.39 is 0 Å². The number of nitrogens with zero attached hydrogens (tertiary/aromatic N) is 2. The zero-order valence-corrected chi connectivity index (χ0v) is 10.4. The number of nitrogens with one attached hydrogen (secondary N) is 1. The third kappa shape index (κ3) is 3.97. The van der Waals surface area contributed by atoms with Crippen molar-refractivity contribution >= 4 is 34.0 Å². The molecule has 0 saturated heterocycles. The number of thiocarbonyl (C=S) groups is 1. The number of aromatic nitrogens is 1. The molecular weight excluding hydrogens is 226 g/mol. The van der Waals surface area contributed by atoms with E-state index in [1.165, 1.54) is 11.8 Å². The molecule has 0 aliphatic rings. The molecule has 1 rings (SSSR count). The maximum absolute atomic E-state index is 5.00. The van der Waals surface area contributed by atoms with Crippen LogP contribution in [0.1, 0.15) is 19.0 Å². The van der Waals surface area contributed by atoms with Gasteiger partial charge in [0.1, 0.15) is 0 Å². The van der Waals surface area contributed by atoms with E-state index >= 15 is 0 Å². The number of pyridine rings is 1. The molecule has 0 aromatic carbocycles. The van der Waals surface area contributed by atoms with Crippen LogP contribution in [0.25, 0.3) is 0 Å². The lowest BCUT2D eigenvalue weighted by molar-refractivity contribution is 1.03. The summed E-state index contributed by atoms with van der Waals surface area (Å²) in [4.78, 5) is 4.23. The fourth-order valence-corrected chi connectivity index (χ4v) is 1.19. The van der Waals surface area contributed by atoms with Crippen molar-refractivity contribution in [3.05, 3.63) is 30.1 Å². The molecule has 0 aliphatic heterocycles. The predicted molar refractivity (Wildman–Crippen MR) is 70.3 cm³/mol. The first kappa shape index (κ1) is 12.1. The molecular formula is C10H13N3S2. The van der Waals surface area contributed by atoms with E-state index in [0.29, 0.717) is 4.32 Å². The van der Waals surface area contributed by atoms with E-state index in [1.807, 2.05) is 31.4 Å². The maximum atomic E-state index is 5.00. The van der Waals surface area contributed by atoms with E-state index in [1.54, 1.807) is 6.20 Å². The van der Waals surface area contributed by atoms with E-state index in [-0.39, 0.29) is 0 Å². The number of hydrogen-bond donors (Lipinski definition) is 1. The van der Waals surface area contributed by atoms with Crippen LogP contribution in [0.2, 0.25) is 0 Å². The minimum Gasteiger partial charge on any atom is -0.262 e. The highest BCUT2D eigenvalue weighted by molar-refractivity contribution is 8.22. The Balaban J connectivity index is 2.76. The number of hydrazone groups is 1. The zero-order valence-electron chi connectivity index (χ0n) is 8.73. The summed E-state index contributed by atoms with van der Waals surface area (Å²) in [5, 5.41) is 4.23. The third-order valence-electron chi connectivity index (χ3n) is 1.76. The molecule has 0 saturated carbocycles. The highest BCUT2D eigenvalue weighted by atomic mass is 32.2. The highest BCUT2D eigenvalue weighted by Gasteiger charge is 2.01. The molecule has 0 fully saturated rings. The van der Waals surface area contributed by atoms with Crippen LogP contribution in [0.5, 0.6) is 0 Å². The van der Waals surface area contributed by atoms with Crippen LogP contribution in [0.4, 0.5) is 0 Å². The summed E-state index contributed by atoms with van der Waals surface area (Å²) in [6, 6.07) is 5.77. The molecule has 0 bridgehead atoms. The Kier molecular flexibility index (Phi) is 5.28. The van der Waals surface area contributed by atoms with Crippen LogP contribution in [0.3, 0.4) is 0 Å². The Bertz CT molecular complexity index is 349. The summed E-state index contributed by atoms with van der Waals surface area (Å²) >= 11 is 6.46. The van der Waals surface area contributed by atoms with Crippen molar-refractivity contribution in [3.8, 4) is 0 Å². The van der Waals surface area contributed by atoms with E-state index in [9.17, 15) is 0 Å². The van der Waals surface area contributed by atoms with Gasteiger partial charge in [-0.2, -0.15) is 5.10 Å². The molecule has 80 valence electrons. The molecule has 1 aromatic heterocycles. The first-order chi connectivity index (χ1) is 7.27. The predicted octanol–water partition coefficient (Wildman–Crippen LogP) is 2.43. The van der Waals surface area contributed by atoms with Gasteiger partial charge in [-0.3, -0.25) is 10.4 Å². The molecule has 0 spiro atoms. The minimum atomic E-state index is 0.664. The minimum absolute atomic E-state index is 0.664. The second kappa shape index (κ2) is 6.53. The van der Waals surface area contributed by atoms with Crippen molar-refractivity contribution in [1.82, 2.24) is 10.4 Å². The lowest BCUT2D eigenvalue weighted by Crippen LogP contribution is -2.15. The summed E-state index contributed by atoms with van der Waals surface area (Å²) < 4.78 is 0.664. The molecule has 15 heavy (non-hydrogen) atoms. The molecule has 0 unspecified atom stereocenters. The Morgan fingerprint density at radius 3 is 2.93 bits per heavy atom. The molecule has 1 aromatic rings. The molecule has 5 heteroatoms. The van der Waals surface area contributed by atoms with Crippen LogP contribution >= 0.6 is 24.0 Å². The zero-order chi connectivity index (χ0) is 11.1. The van der Waals surface area contributed by atoms with Gasteiger partial charge in [0.25, 0.3) is 0 Å². The van der Waals surface area contributed by atoms with Crippen LogP contribution < -0.4 is 5.43 Å². The third-order valence-corrected chi connectivity index (χ3v) is 2.82. The number of hydrogen-bond acceptors (Lipinski definition) is 4. The van der Waals surface area contributed by atoms with Gasteiger partial charge in [-0.15, -0.1) is 0 Å². The molecule has 0 radical (unpaired) electrons. The Hall–Kier alpha value is -0.940. The first-order valence-corrected chi connectivity index (χ1v) is 6.23. The van der Waals surface area contributed by atoms with Crippen LogP contribution in [0, 0.1) is 0 Å². The van der Waals surface area contributed by atoms with Gasteiger partial charge >= 0.3 is 0 Å². The molecule has 3 nitrogen and oxygen atoms in total. The van der Waals surface area contributed by atoms with Crippen molar-refractivity contribution in [1.29, 1.82) is 0 Å². The summed E-state index contributed by atoms with van der Waals surface area (Å²) in [5.41, 5.74) is 4.62. The van der Waals surface area contributed by atoms with Crippen LogP contribution in [-0.4, -0.2) is 21.3 Å². The normalized spacial score (nSPS) is 11.2. The van der Waals surface area contributed by atoms with Gasteiger partial charge in [-0.25, -0.2) is 0 Å². The molecule has 1 N–H and O–H groups in total. The molecule has 1 heterocycles. The van der Waals surface area contributed by atoms with E-state index in [2.05, 4.69) is 15.5 Å². The maximum Gasteiger partial charge on any atom is 0.153 e. The summed E-state index contributed by atoms with van der Waals surface area (Å²) in [7, 11) is 0. The Labute approximate surface area is 99.4 Å². The molecule has 0 atom stereocenters. The monoisotopic (exact) mass is 239 g/mol. The number of rotatable bonds is 3. The Morgan fingerprint density at radius 1 is 1.60 bits per heavy atom. The van der Waals surface area contributed by atoms with E-state index in [0.717, 1.165) is 17.8 Å². The molecule has 0 amide bonds. The summed E-state index contributed by atoms with van der Waals surface area (Å²) in [5.74, 6) is 0. The van der Waals surface area contributed by atoms with Gasteiger partial charge in [0.2, 0.25) is 0 Å². The van der Waals surface area contributed by atoms with Crippen molar-refractivity contribution in [3.63, 3.8) is 0 Å². The second-order valence-corrected chi connectivity index (χ2v) is 4.21. The quantitative estimate of drug-likeness (QED) is 0.499. The summed E-state index contributed by atoms with van der Waals surface area (Å²) in [6.07, 6.45) is 4.49. The van der Waals surface area contributed by atoms with Crippen molar-refractivity contribution in [2.45, 2.75) is 13.3 Å². The highest BCUT2D eigenvalue weighted by Crippen LogP contribution is 2.01. The van der Waals surface area contributed by atoms with E-state index in [4.69, 9.17) is 12.2 Å². The lowest BCUT2D eigenvalue weighted by atomic mass is 10.2. The molecule has 0 aliphatic carbocycles. The van der Waals surface area contributed by atoms with Crippen LogP contribution in [-0.2, 0) is 0 Å². The van der Waals surface area contributed by atoms with Crippen molar-refractivity contribution < 1.29 is 0 Å². The summed E-state index contributed by atoms with van der Waals surface area (Å²) in [6.45, 7) is 2.04. The second-order valence-electron chi connectivity index (χ2n) is 2.73. The average molecular weight is 239 g/mol. The lowest BCUT2D eigenvalue weighted by Gasteiger charge is -2.03. The van der Waals surface area contributed by atoms with Gasteiger partial charge in [0, 0.05) is 6.20 Å². The van der Waals surface area contributed by atoms with Crippen molar-refractivity contribution in [2.24, 2.45) is 5.10 Å². The van der Waals surface area contributed by atoms with Gasteiger partial charge in [0.05, 0.1) is 11.4 Å². The fraction of sp³-hybridized carbons (Fsp3) is 0.300. The smallest absolute Gasteiger partial charge is 0.153 e. The van der Waals surface area contributed by atoms with Gasteiger partial charge in [-0.1, -0.05) is 37.0 Å².